The van der Waals surface area contributed by atoms with E-state index in [-0.39, 0.29) is 41.9 Å². The van der Waals surface area contributed by atoms with Gasteiger partial charge in [-0.3, -0.25) is 14.4 Å². The van der Waals surface area contributed by atoms with Crippen LogP contribution in [0.5, 0.6) is 0 Å². The van der Waals surface area contributed by atoms with Gasteiger partial charge in [-0.1, -0.05) is 11.6 Å². The van der Waals surface area contributed by atoms with Gasteiger partial charge in [0.05, 0.1) is 12.8 Å². The third-order valence-electron chi connectivity index (χ3n) is 4.42. The fourth-order valence-electron chi connectivity index (χ4n) is 2.95. The molecule has 0 aromatic carbocycles. The first-order chi connectivity index (χ1) is 12.5. The van der Waals surface area contributed by atoms with E-state index in [9.17, 15) is 14.4 Å². The molecule has 2 heterocycles. The monoisotopic (exact) mass is 366 g/mol. The van der Waals surface area contributed by atoms with Crippen molar-refractivity contribution in [1.29, 1.82) is 0 Å². The lowest BCUT2D eigenvalue weighted by Gasteiger charge is -2.24. The number of hydrogen-bond donors (Lipinski definition) is 2. The number of aromatic nitrogens is 1. The van der Waals surface area contributed by atoms with E-state index in [1.807, 2.05) is 0 Å². The van der Waals surface area contributed by atoms with Gasteiger partial charge in [0.2, 0.25) is 17.6 Å². The first kappa shape index (κ1) is 19.9. The van der Waals surface area contributed by atoms with Crippen LogP contribution in [0.25, 0.3) is 0 Å². The zero-order valence-electron chi connectivity index (χ0n) is 15.2. The van der Waals surface area contributed by atoms with Crippen molar-refractivity contribution in [2.75, 3.05) is 33.9 Å². The average Bonchev–Trinajstić information content (AvgIpc) is 3.15. The number of methoxy groups -OCH3 is 1. The molecule has 0 saturated carbocycles. The van der Waals surface area contributed by atoms with Gasteiger partial charge in [0, 0.05) is 51.7 Å². The summed E-state index contributed by atoms with van der Waals surface area (Å²) in [5.41, 5.74) is 0. The molecular formula is C17H26N4O5. The highest BCUT2D eigenvalue weighted by molar-refractivity contribution is 5.91. The van der Waals surface area contributed by atoms with Crippen LogP contribution in [0.15, 0.2) is 16.8 Å². The van der Waals surface area contributed by atoms with Crippen molar-refractivity contribution >= 4 is 17.7 Å². The van der Waals surface area contributed by atoms with Gasteiger partial charge in [0.15, 0.2) is 0 Å². The van der Waals surface area contributed by atoms with Gasteiger partial charge >= 0.3 is 0 Å². The third-order valence-corrected chi connectivity index (χ3v) is 4.42. The quantitative estimate of drug-likeness (QED) is 0.695. The van der Waals surface area contributed by atoms with Crippen molar-refractivity contribution in [3.8, 4) is 0 Å². The Hall–Kier alpha value is -2.42. The Balaban J connectivity index is 1.94. The number of nitrogens with one attached hydrogen (secondary N) is 2. The number of carbonyl (C=O) groups is 3. The SMILES string of the molecule is COCCNC(=O)[C@@H]1CCC[C@@H](NC(=O)c2ccno2)CN(C)C(=O)C1. The van der Waals surface area contributed by atoms with E-state index >= 15 is 0 Å². The number of carbonyl (C=O) groups excluding carboxylic acids is 3. The van der Waals surface area contributed by atoms with E-state index in [0.29, 0.717) is 32.5 Å². The Bertz CT molecular complexity index is 604. The molecule has 2 rings (SSSR count). The van der Waals surface area contributed by atoms with Gasteiger partial charge in [-0.05, 0) is 12.8 Å². The summed E-state index contributed by atoms with van der Waals surface area (Å²) in [6.45, 7) is 1.24. The first-order valence-electron chi connectivity index (χ1n) is 8.73. The van der Waals surface area contributed by atoms with Gasteiger partial charge in [0.25, 0.3) is 5.91 Å². The van der Waals surface area contributed by atoms with Crippen molar-refractivity contribution in [3.05, 3.63) is 18.0 Å². The second-order valence-electron chi connectivity index (χ2n) is 6.44. The van der Waals surface area contributed by atoms with Crippen LogP contribution in [0.3, 0.4) is 0 Å². The molecule has 0 radical (unpaired) electrons. The summed E-state index contributed by atoms with van der Waals surface area (Å²) < 4.78 is 9.78. The van der Waals surface area contributed by atoms with Crippen LogP contribution in [0, 0.1) is 5.92 Å². The normalized spacial score (nSPS) is 21.5. The van der Waals surface area contributed by atoms with E-state index in [4.69, 9.17) is 9.26 Å². The van der Waals surface area contributed by atoms with Gasteiger partial charge in [-0.15, -0.1) is 0 Å². The Morgan fingerprint density at radius 3 is 2.92 bits per heavy atom. The number of rotatable bonds is 6. The second kappa shape index (κ2) is 9.91. The Morgan fingerprint density at radius 2 is 2.23 bits per heavy atom. The molecule has 1 aliphatic rings. The summed E-state index contributed by atoms with van der Waals surface area (Å²) in [6.07, 6.45) is 3.55. The van der Waals surface area contributed by atoms with Crippen LogP contribution < -0.4 is 10.6 Å². The van der Waals surface area contributed by atoms with E-state index in [0.717, 1.165) is 6.42 Å². The molecule has 1 saturated heterocycles. The third kappa shape index (κ3) is 5.83. The number of amides is 3. The predicted molar refractivity (Wildman–Crippen MR) is 92.2 cm³/mol. The molecule has 26 heavy (non-hydrogen) atoms. The lowest BCUT2D eigenvalue weighted by atomic mass is 9.96. The molecule has 1 fully saturated rings. The van der Waals surface area contributed by atoms with Crippen LogP contribution in [0.4, 0.5) is 0 Å². The van der Waals surface area contributed by atoms with Crippen molar-refractivity contribution in [2.45, 2.75) is 31.7 Å². The second-order valence-corrected chi connectivity index (χ2v) is 6.44. The van der Waals surface area contributed by atoms with Crippen molar-refractivity contribution in [3.63, 3.8) is 0 Å². The minimum Gasteiger partial charge on any atom is -0.383 e. The Kier molecular flexibility index (Phi) is 7.58. The fourth-order valence-corrected chi connectivity index (χ4v) is 2.95. The van der Waals surface area contributed by atoms with Gasteiger partial charge in [0.1, 0.15) is 0 Å². The average molecular weight is 366 g/mol. The molecule has 0 spiro atoms. The van der Waals surface area contributed by atoms with Crippen LogP contribution in [-0.2, 0) is 14.3 Å². The molecule has 9 nitrogen and oxygen atoms in total. The van der Waals surface area contributed by atoms with Crippen LogP contribution in [-0.4, -0.2) is 67.7 Å². The highest BCUT2D eigenvalue weighted by atomic mass is 16.5. The van der Waals surface area contributed by atoms with Crippen LogP contribution >= 0.6 is 0 Å². The van der Waals surface area contributed by atoms with Crippen LogP contribution in [0.1, 0.15) is 36.2 Å². The predicted octanol–water partition coefficient (Wildman–Crippen LogP) is 0.184. The zero-order valence-corrected chi connectivity index (χ0v) is 15.2. The fraction of sp³-hybridized carbons (Fsp3) is 0.647. The molecule has 3 amide bonds. The topological polar surface area (TPSA) is 114 Å². The highest BCUT2D eigenvalue weighted by Gasteiger charge is 2.28. The molecule has 1 aromatic heterocycles. The summed E-state index contributed by atoms with van der Waals surface area (Å²) in [5, 5.41) is 9.18. The van der Waals surface area contributed by atoms with Crippen molar-refractivity contribution in [2.24, 2.45) is 5.92 Å². The molecule has 0 unspecified atom stereocenters. The molecular weight excluding hydrogens is 340 g/mol. The molecule has 1 aliphatic heterocycles. The maximum absolute atomic E-state index is 12.4. The zero-order chi connectivity index (χ0) is 18.9. The Labute approximate surface area is 152 Å². The lowest BCUT2D eigenvalue weighted by Crippen LogP contribution is -2.44. The molecule has 144 valence electrons. The maximum Gasteiger partial charge on any atom is 0.290 e. The summed E-state index contributed by atoms with van der Waals surface area (Å²) in [4.78, 5) is 38.4. The highest BCUT2D eigenvalue weighted by Crippen LogP contribution is 2.19. The van der Waals surface area contributed by atoms with E-state index < -0.39 is 0 Å². The first-order valence-corrected chi connectivity index (χ1v) is 8.73. The standard InChI is InChI=1S/C17H26N4O5/c1-21-11-13(20-17(24)14-6-7-19-26-14)5-3-4-12(10-15(21)22)16(23)18-8-9-25-2/h6-7,12-13H,3-5,8-11H2,1-2H3,(H,18,23)(H,20,24)/t12-,13-/m1/s1. The number of nitrogens with zero attached hydrogens (tertiary/aromatic N) is 2. The summed E-state index contributed by atoms with van der Waals surface area (Å²) in [5.74, 6) is -0.841. The van der Waals surface area contributed by atoms with Gasteiger partial charge in [-0.2, -0.15) is 0 Å². The number of likely N-dealkylation sites (N-methyl/N-ethyl adjacent to an activating group) is 1. The number of ether oxygens (including phenoxy) is 1. The molecule has 2 atom stereocenters. The van der Waals surface area contributed by atoms with E-state index in [1.165, 1.54) is 12.3 Å². The summed E-state index contributed by atoms with van der Waals surface area (Å²) in [6, 6.07) is 1.27. The minimum atomic E-state index is -0.370. The smallest absolute Gasteiger partial charge is 0.290 e. The molecule has 9 heteroatoms. The molecule has 1 aromatic rings. The van der Waals surface area contributed by atoms with Gasteiger partial charge in [-0.25, -0.2) is 0 Å². The van der Waals surface area contributed by atoms with Crippen molar-refractivity contribution in [1.82, 2.24) is 20.7 Å². The molecule has 0 bridgehead atoms. The lowest BCUT2D eigenvalue weighted by molar-refractivity contribution is -0.135. The number of hydrogen-bond acceptors (Lipinski definition) is 6. The largest absolute Gasteiger partial charge is 0.383 e. The maximum atomic E-state index is 12.4. The van der Waals surface area contributed by atoms with Crippen LogP contribution in [0.2, 0.25) is 0 Å². The van der Waals surface area contributed by atoms with E-state index in [1.54, 1.807) is 19.1 Å². The molecule has 0 aliphatic carbocycles. The van der Waals surface area contributed by atoms with E-state index in [2.05, 4.69) is 15.8 Å². The summed E-state index contributed by atoms with van der Waals surface area (Å²) in [7, 11) is 3.25. The van der Waals surface area contributed by atoms with Crippen molar-refractivity contribution < 1.29 is 23.6 Å². The molecule has 2 N–H and O–H groups in total. The Morgan fingerprint density at radius 1 is 1.42 bits per heavy atom. The minimum absolute atomic E-state index is 0.113. The van der Waals surface area contributed by atoms with Gasteiger partial charge < -0.3 is 24.8 Å². The summed E-state index contributed by atoms with van der Waals surface area (Å²) >= 11 is 0.